The fraction of sp³-hybridized carbons (Fsp3) is 0.212. The molecule has 3 aromatic carbocycles. The molecular weight excluding hydrogens is 589 g/mol. The van der Waals surface area contributed by atoms with Crippen LogP contribution in [0.5, 0.6) is 0 Å². The molecule has 1 aliphatic carbocycles. The molecule has 0 amide bonds. The van der Waals surface area contributed by atoms with Crippen molar-refractivity contribution < 1.29 is 4.79 Å². The fourth-order valence-corrected chi connectivity index (χ4v) is 6.64. The van der Waals surface area contributed by atoms with Crippen molar-refractivity contribution in [2.75, 3.05) is 6.54 Å². The second-order valence-electron chi connectivity index (χ2n) is 10.5. The van der Waals surface area contributed by atoms with Gasteiger partial charge in [-0.05, 0) is 47.2 Å². The van der Waals surface area contributed by atoms with Crippen LogP contribution in [0.25, 0.3) is 16.3 Å². The number of nitrogens with one attached hydrogen (secondary N) is 1. The van der Waals surface area contributed by atoms with Crippen molar-refractivity contribution in [3.8, 4) is 0 Å². The molecule has 1 fully saturated rings. The number of hydrogen-bond acceptors (Lipinski definition) is 5. The largest absolute Gasteiger partial charge is 0.353 e. The number of fused-ring (bicyclic) bond motifs is 1. The normalized spacial score (nSPS) is 20.7. The molecule has 1 N–H and O–H groups in total. The number of allylic oxidation sites excluding steroid dienone is 2. The monoisotopic (exact) mass is 619 g/mol. The second-order valence-corrected chi connectivity index (χ2v) is 10.5. The number of amidine groups is 1. The number of Topliss-reactive ketones (excluding diaryl/α,β-unsaturated/α-hetero) is 1. The van der Waals surface area contributed by atoms with Crippen molar-refractivity contribution in [1.82, 2.24) is 14.9 Å². The lowest BCUT2D eigenvalue weighted by Crippen LogP contribution is -2.59. The van der Waals surface area contributed by atoms with Crippen molar-refractivity contribution in [2.45, 2.75) is 25.8 Å². The van der Waals surface area contributed by atoms with E-state index in [0.29, 0.717) is 6.54 Å². The van der Waals surface area contributed by atoms with Gasteiger partial charge >= 0.3 is 0 Å². The number of benzene rings is 3. The van der Waals surface area contributed by atoms with Crippen LogP contribution in [0.4, 0.5) is 0 Å². The molecule has 6 nitrogen and oxygen atoms in total. The molecule has 1 spiro atoms. The van der Waals surface area contributed by atoms with Crippen LogP contribution >= 0.6 is 37.2 Å². The minimum absolute atomic E-state index is 0. The number of carbonyl (C=O) groups excluding carboxylic acids is 1. The summed E-state index contributed by atoms with van der Waals surface area (Å²) in [5, 5.41) is 2.08. The van der Waals surface area contributed by atoms with Crippen molar-refractivity contribution in [3.05, 3.63) is 121 Å². The van der Waals surface area contributed by atoms with E-state index < -0.39 is 5.41 Å². The molecule has 9 heteroatoms. The van der Waals surface area contributed by atoms with E-state index >= 15 is 0 Å². The summed E-state index contributed by atoms with van der Waals surface area (Å²) in [7, 11) is 0. The number of aromatic nitrogens is 2. The molecule has 4 aromatic rings. The third-order valence-corrected chi connectivity index (χ3v) is 8.45. The maximum atomic E-state index is 14.6. The first-order valence-electron chi connectivity index (χ1n) is 13.6. The number of carbonyl (C=O) groups is 1. The van der Waals surface area contributed by atoms with Gasteiger partial charge in [-0.2, -0.15) is 0 Å². The van der Waals surface area contributed by atoms with Gasteiger partial charge in [-0.15, -0.1) is 37.2 Å². The van der Waals surface area contributed by atoms with Crippen molar-refractivity contribution >= 4 is 70.9 Å². The summed E-state index contributed by atoms with van der Waals surface area (Å²) in [6.45, 7) is 1.39. The number of imidazole rings is 1. The highest BCUT2D eigenvalue weighted by molar-refractivity contribution is 6.24. The number of ketones is 1. The lowest BCUT2D eigenvalue weighted by Gasteiger charge is -2.50. The average Bonchev–Trinajstić information content (AvgIpc) is 3.42. The van der Waals surface area contributed by atoms with Crippen LogP contribution in [0, 0.1) is 11.3 Å². The van der Waals surface area contributed by atoms with E-state index in [9.17, 15) is 4.79 Å². The molecule has 0 bridgehead atoms. The molecule has 42 heavy (non-hydrogen) atoms. The fourth-order valence-electron chi connectivity index (χ4n) is 6.64. The number of halogens is 3. The van der Waals surface area contributed by atoms with E-state index in [4.69, 9.17) is 9.98 Å². The zero-order valence-corrected chi connectivity index (χ0v) is 25.3. The number of rotatable bonds is 5. The average molecular weight is 621 g/mol. The van der Waals surface area contributed by atoms with Gasteiger partial charge in [0.25, 0.3) is 0 Å². The first-order chi connectivity index (χ1) is 19.2. The Labute approximate surface area is 264 Å². The Morgan fingerprint density at radius 2 is 1.69 bits per heavy atom. The number of piperidine rings is 1. The summed E-state index contributed by atoms with van der Waals surface area (Å²) in [5.41, 5.74) is 4.56. The lowest BCUT2D eigenvalue weighted by atomic mass is 9.59. The van der Waals surface area contributed by atoms with E-state index in [-0.39, 0.29) is 48.9 Å². The summed E-state index contributed by atoms with van der Waals surface area (Å²) < 4.78 is 0. The molecule has 7 rings (SSSR count). The molecule has 2 atom stereocenters. The van der Waals surface area contributed by atoms with Gasteiger partial charge in [0.15, 0.2) is 5.78 Å². The van der Waals surface area contributed by atoms with Gasteiger partial charge < -0.3 is 9.88 Å². The lowest BCUT2D eigenvalue weighted by molar-refractivity contribution is 0.0810. The van der Waals surface area contributed by atoms with E-state index in [2.05, 4.69) is 63.4 Å². The van der Waals surface area contributed by atoms with Gasteiger partial charge in [-0.3, -0.25) is 9.79 Å². The summed E-state index contributed by atoms with van der Waals surface area (Å²) >= 11 is 0. The molecule has 0 saturated carbocycles. The molecule has 1 saturated heterocycles. The summed E-state index contributed by atoms with van der Waals surface area (Å²) in [4.78, 5) is 34.4. The van der Waals surface area contributed by atoms with Crippen LogP contribution in [0.2, 0.25) is 0 Å². The van der Waals surface area contributed by atoms with E-state index in [1.54, 1.807) is 18.7 Å². The second kappa shape index (κ2) is 13.1. The van der Waals surface area contributed by atoms with Crippen LogP contribution < -0.4 is 0 Å². The number of nitrogens with zero attached hydrogens (tertiary/aromatic N) is 4. The van der Waals surface area contributed by atoms with Crippen molar-refractivity contribution in [3.63, 3.8) is 0 Å². The van der Waals surface area contributed by atoms with Crippen LogP contribution in [-0.2, 0) is 6.54 Å². The van der Waals surface area contributed by atoms with Crippen LogP contribution in [-0.4, -0.2) is 38.7 Å². The zero-order chi connectivity index (χ0) is 26.2. The molecule has 0 radical (unpaired) electrons. The first kappa shape index (κ1) is 31.2. The predicted molar refractivity (Wildman–Crippen MR) is 177 cm³/mol. The van der Waals surface area contributed by atoms with E-state index in [1.807, 2.05) is 36.5 Å². The van der Waals surface area contributed by atoms with Crippen LogP contribution in [0.3, 0.4) is 0 Å². The Morgan fingerprint density at radius 1 is 0.929 bits per heavy atom. The third-order valence-electron chi connectivity index (χ3n) is 8.45. The molecule has 3 aliphatic rings. The molecule has 216 valence electrons. The number of aliphatic imine (C=N–C) groups is 2. The molecule has 1 aromatic heterocycles. The van der Waals surface area contributed by atoms with E-state index in [0.717, 1.165) is 59.4 Å². The van der Waals surface area contributed by atoms with Gasteiger partial charge in [0.2, 0.25) is 0 Å². The first-order valence-corrected chi connectivity index (χ1v) is 13.6. The Morgan fingerprint density at radius 3 is 2.50 bits per heavy atom. The van der Waals surface area contributed by atoms with Crippen molar-refractivity contribution in [1.29, 1.82) is 0 Å². The van der Waals surface area contributed by atoms with Gasteiger partial charge in [-0.1, -0.05) is 72.8 Å². The Balaban J connectivity index is 0.00000135. The number of hydrogen-bond donors (Lipinski definition) is 1. The van der Waals surface area contributed by atoms with Gasteiger partial charge in [0.1, 0.15) is 5.84 Å². The smallest absolute Gasteiger partial charge is 0.168 e. The number of H-pyrrole nitrogens is 1. The summed E-state index contributed by atoms with van der Waals surface area (Å²) in [5.74, 6) is 0.831. The van der Waals surface area contributed by atoms with Crippen molar-refractivity contribution in [2.24, 2.45) is 21.3 Å². The maximum absolute atomic E-state index is 14.6. The highest BCUT2D eigenvalue weighted by atomic mass is 35.5. The van der Waals surface area contributed by atoms with Crippen LogP contribution in [0.1, 0.15) is 40.9 Å². The molecule has 2 unspecified atom stereocenters. The molecule has 3 heterocycles. The zero-order valence-electron chi connectivity index (χ0n) is 22.8. The highest BCUT2D eigenvalue weighted by Crippen LogP contribution is 2.50. The van der Waals surface area contributed by atoms with Gasteiger partial charge in [0, 0.05) is 36.6 Å². The maximum Gasteiger partial charge on any atom is 0.168 e. The van der Waals surface area contributed by atoms with Gasteiger partial charge in [0.05, 0.1) is 29.7 Å². The van der Waals surface area contributed by atoms with Crippen LogP contribution in [0.15, 0.2) is 114 Å². The van der Waals surface area contributed by atoms with Gasteiger partial charge in [-0.25, -0.2) is 9.98 Å². The summed E-state index contributed by atoms with van der Waals surface area (Å²) in [6, 6.07) is 24.7. The third kappa shape index (κ3) is 5.31. The Bertz CT molecular complexity index is 1680. The quantitative estimate of drug-likeness (QED) is 0.232. The Hall–Kier alpha value is -3.71. The topological polar surface area (TPSA) is 73.7 Å². The van der Waals surface area contributed by atoms with E-state index in [1.165, 1.54) is 11.1 Å². The SMILES string of the molecule is Cl.Cl.Cl.O=C(c1cccc2ccccc12)C1CCN(Cc2cnc[nH]2)C2=NC=CN=C3C=C(c4ccccc4)CCC321. The standard InChI is InChI=1S/C33H29N5O.3ClH/c39-31(28-12-6-10-24-9-4-5-11-27(24)28)29-14-18-38(21-26-20-34-22-37-26)32-33(29)15-13-25(23-7-2-1-3-8-23)19-30(33)35-16-17-36-32;;;/h1-12,16-17,19-20,22,29H,13-15,18,21H2,(H,34,37);3*1H. The minimum atomic E-state index is -0.617. The highest BCUT2D eigenvalue weighted by Gasteiger charge is 2.55. The predicted octanol–water partition coefficient (Wildman–Crippen LogP) is 7.72. The number of aromatic amines is 1. The molecular formula is C33H32Cl3N5O. The minimum Gasteiger partial charge on any atom is -0.353 e. The molecule has 2 aliphatic heterocycles. The number of likely N-dealkylation sites (tertiary alicyclic amines) is 1. The Kier molecular flexibility index (Phi) is 9.72. The summed E-state index contributed by atoms with van der Waals surface area (Å²) in [6.07, 6.45) is 11.7.